The predicted molar refractivity (Wildman–Crippen MR) is 142 cm³/mol. The van der Waals surface area contributed by atoms with Crippen molar-refractivity contribution in [1.29, 1.82) is 0 Å². The van der Waals surface area contributed by atoms with Crippen LogP contribution < -0.4 is 16.0 Å². The molecule has 0 bridgehead atoms. The number of aryl methyl sites for hydroxylation is 1. The Labute approximate surface area is 208 Å². The summed E-state index contributed by atoms with van der Waals surface area (Å²) in [5.41, 5.74) is 4.72. The van der Waals surface area contributed by atoms with Crippen LogP contribution in [0, 0.1) is 6.92 Å². The van der Waals surface area contributed by atoms with Gasteiger partial charge >= 0.3 is 0 Å². The van der Waals surface area contributed by atoms with Gasteiger partial charge in [-0.15, -0.1) is 24.0 Å². The number of carbonyl (C=O) groups excluding carboxylic acids is 1. The quantitative estimate of drug-likeness (QED) is 0.290. The lowest BCUT2D eigenvalue weighted by Gasteiger charge is -2.30. The number of halogens is 1. The molecule has 0 saturated carbocycles. The topological polar surface area (TPSA) is 68.8 Å². The van der Waals surface area contributed by atoms with Gasteiger partial charge in [-0.1, -0.05) is 48.0 Å². The Morgan fingerprint density at radius 3 is 2.56 bits per heavy atom. The molecular formula is C25H34IN5O. The molecule has 2 heterocycles. The van der Waals surface area contributed by atoms with Crippen LogP contribution in [0.2, 0.25) is 0 Å². The molecular weight excluding hydrogens is 513 g/mol. The number of aliphatic imine (C=N–C) groups is 1. The monoisotopic (exact) mass is 547 g/mol. The van der Waals surface area contributed by atoms with Gasteiger partial charge in [-0.25, -0.2) is 0 Å². The lowest BCUT2D eigenvalue weighted by Crippen LogP contribution is -2.44. The van der Waals surface area contributed by atoms with Crippen LogP contribution in [0.3, 0.4) is 0 Å². The van der Waals surface area contributed by atoms with Crippen molar-refractivity contribution in [2.45, 2.75) is 38.1 Å². The lowest BCUT2D eigenvalue weighted by atomic mass is 9.90. The lowest BCUT2D eigenvalue weighted by molar-refractivity contribution is -0.116. The number of nitrogens with zero attached hydrogens (tertiary/aromatic N) is 2. The van der Waals surface area contributed by atoms with Gasteiger partial charge in [0.2, 0.25) is 5.91 Å². The van der Waals surface area contributed by atoms with Crippen molar-refractivity contribution in [2.24, 2.45) is 4.99 Å². The fourth-order valence-corrected chi connectivity index (χ4v) is 4.62. The number of amides is 1. The van der Waals surface area contributed by atoms with Crippen molar-refractivity contribution in [3.8, 4) is 0 Å². The highest BCUT2D eigenvalue weighted by atomic mass is 127. The van der Waals surface area contributed by atoms with Crippen molar-refractivity contribution in [3.05, 3.63) is 65.2 Å². The number of nitrogens with one attached hydrogen (secondary N) is 3. The summed E-state index contributed by atoms with van der Waals surface area (Å²) in [5, 5.41) is 9.95. The summed E-state index contributed by atoms with van der Waals surface area (Å²) in [6, 6.07) is 17.2. The Morgan fingerprint density at radius 1 is 1.12 bits per heavy atom. The van der Waals surface area contributed by atoms with E-state index in [2.05, 4.69) is 63.1 Å². The van der Waals surface area contributed by atoms with E-state index in [1.807, 2.05) is 18.2 Å². The minimum atomic E-state index is 0. The number of anilines is 1. The van der Waals surface area contributed by atoms with E-state index in [1.165, 1.54) is 29.5 Å². The zero-order valence-electron chi connectivity index (χ0n) is 18.9. The summed E-state index contributed by atoms with van der Waals surface area (Å²) in [6.45, 7) is 5.87. The smallest absolute Gasteiger partial charge is 0.225 e. The molecule has 32 heavy (non-hydrogen) atoms. The molecule has 0 aliphatic carbocycles. The first-order valence-electron chi connectivity index (χ1n) is 11.3. The van der Waals surface area contributed by atoms with Crippen LogP contribution in [-0.4, -0.2) is 50.0 Å². The highest BCUT2D eigenvalue weighted by Crippen LogP contribution is 2.31. The van der Waals surface area contributed by atoms with Crippen molar-refractivity contribution >= 4 is 41.5 Å². The number of para-hydroxylation sites is 1. The summed E-state index contributed by atoms with van der Waals surface area (Å²) in [6.07, 6.45) is 3.01. The van der Waals surface area contributed by atoms with Crippen molar-refractivity contribution in [2.75, 3.05) is 38.5 Å². The predicted octanol–water partition coefficient (Wildman–Crippen LogP) is 4.04. The number of benzene rings is 2. The standard InChI is InChI=1S/C25H33N5O.HI/c1-18-9-11-19(12-10-18)23(30-13-5-6-14-30)17-28-25(26-2)27-16-20-15-24(31)29-22-8-4-3-7-21(20)22;/h3-4,7-12,20,23H,5-6,13-17H2,1-2H3,(H,29,31)(H2,26,27,28);1H. The van der Waals surface area contributed by atoms with Crippen LogP contribution in [0.4, 0.5) is 5.69 Å². The van der Waals surface area contributed by atoms with E-state index in [-0.39, 0.29) is 35.8 Å². The molecule has 1 fully saturated rings. The maximum atomic E-state index is 12.1. The zero-order chi connectivity index (χ0) is 21.6. The molecule has 2 aromatic carbocycles. The van der Waals surface area contributed by atoms with E-state index in [9.17, 15) is 4.79 Å². The first-order chi connectivity index (χ1) is 15.1. The molecule has 172 valence electrons. The highest BCUT2D eigenvalue weighted by molar-refractivity contribution is 14.0. The van der Waals surface area contributed by atoms with E-state index in [0.717, 1.165) is 31.3 Å². The average molecular weight is 547 g/mol. The second-order valence-electron chi connectivity index (χ2n) is 8.54. The number of fused-ring (bicyclic) bond motifs is 1. The maximum Gasteiger partial charge on any atom is 0.225 e. The zero-order valence-corrected chi connectivity index (χ0v) is 21.3. The molecule has 1 amide bonds. The Kier molecular flexibility index (Phi) is 8.92. The van der Waals surface area contributed by atoms with Gasteiger partial charge in [-0.2, -0.15) is 0 Å². The van der Waals surface area contributed by atoms with E-state index < -0.39 is 0 Å². The second kappa shape index (κ2) is 11.7. The molecule has 0 spiro atoms. The molecule has 4 rings (SSSR count). The third-order valence-corrected chi connectivity index (χ3v) is 6.35. The molecule has 2 aliphatic rings. The van der Waals surface area contributed by atoms with Crippen LogP contribution >= 0.6 is 24.0 Å². The molecule has 2 aromatic rings. The third kappa shape index (κ3) is 6.01. The Bertz CT molecular complexity index is 924. The van der Waals surface area contributed by atoms with Crippen LogP contribution in [0.25, 0.3) is 0 Å². The van der Waals surface area contributed by atoms with E-state index >= 15 is 0 Å². The van der Waals surface area contributed by atoms with Gasteiger partial charge in [-0.3, -0.25) is 14.7 Å². The van der Waals surface area contributed by atoms with Gasteiger partial charge in [0.05, 0.1) is 6.04 Å². The maximum absolute atomic E-state index is 12.1. The number of rotatable bonds is 6. The van der Waals surface area contributed by atoms with Gasteiger partial charge in [-0.05, 0) is 50.0 Å². The normalized spacial score (nSPS) is 19.5. The number of hydrogen-bond donors (Lipinski definition) is 3. The summed E-state index contributed by atoms with van der Waals surface area (Å²) in [7, 11) is 1.80. The molecule has 7 heteroatoms. The van der Waals surface area contributed by atoms with Crippen molar-refractivity contribution in [1.82, 2.24) is 15.5 Å². The minimum absolute atomic E-state index is 0. The van der Waals surface area contributed by atoms with Crippen LogP contribution in [0.1, 0.15) is 47.9 Å². The minimum Gasteiger partial charge on any atom is -0.356 e. The molecule has 2 unspecified atom stereocenters. The van der Waals surface area contributed by atoms with E-state index in [4.69, 9.17) is 0 Å². The van der Waals surface area contributed by atoms with Gasteiger partial charge < -0.3 is 16.0 Å². The number of guanidine groups is 1. The van der Waals surface area contributed by atoms with E-state index in [0.29, 0.717) is 19.0 Å². The van der Waals surface area contributed by atoms with Gasteiger partial charge in [0, 0.05) is 38.2 Å². The SMILES string of the molecule is CN=C(NCC1CC(=O)Nc2ccccc21)NCC(c1ccc(C)cc1)N1CCCC1.I. The largest absolute Gasteiger partial charge is 0.356 e. The van der Waals surface area contributed by atoms with Gasteiger partial charge in [0.1, 0.15) is 0 Å². The molecule has 3 N–H and O–H groups in total. The molecule has 6 nitrogen and oxygen atoms in total. The highest BCUT2D eigenvalue weighted by Gasteiger charge is 2.26. The van der Waals surface area contributed by atoms with Crippen LogP contribution in [0.5, 0.6) is 0 Å². The summed E-state index contributed by atoms with van der Waals surface area (Å²) in [5.74, 6) is 0.983. The fraction of sp³-hybridized carbons (Fsp3) is 0.440. The van der Waals surface area contributed by atoms with Gasteiger partial charge in [0.15, 0.2) is 5.96 Å². The molecule has 0 aromatic heterocycles. The molecule has 2 aliphatic heterocycles. The third-order valence-electron chi connectivity index (χ3n) is 6.35. The van der Waals surface area contributed by atoms with Crippen molar-refractivity contribution < 1.29 is 4.79 Å². The fourth-order valence-electron chi connectivity index (χ4n) is 4.62. The summed E-state index contributed by atoms with van der Waals surface area (Å²) in [4.78, 5) is 19.1. The first kappa shape index (κ1) is 24.5. The van der Waals surface area contributed by atoms with E-state index in [1.54, 1.807) is 7.05 Å². The summed E-state index contributed by atoms with van der Waals surface area (Å²) >= 11 is 0. The Morgan fingerprint density at radius 2 is 1.84 bits per heavy atom. The average Bonchev–Trinajstić information content (AvgIpc) is 3.31. The number of likely N-dealkylation sites (tertiary alicyclic amines) is 1. The number of carbonyl (C=O) groups is 1. The van der Waals surface area contributed by atoms with Crippen molar-refractivity contribution in [3.63, 3.8) is 0 Å². The molecule has 1 saturated heterocycles. The first-order valence-corrected chi connectivity index (χ1v) is 11.3. The number of hydrogen-bond acceptors (Lipinski definition) is 3. The second-order valence-corrected chi connectivity index (χ2v) is 8.54. The summed E-state index contributed by atoms with van der Waals surface area (Å²) < 4.78 is 0. The molecule has 2 atom stereocenters. The Hall–Kier alpha value is -2.13. The van der Waals surface area contributed by atoms with Crippen LogP contribution in [0.15, 0.2) is 53.5 Å². The van der Waals surface area contributed by atoms with Crippen LogP contribution in [-0.2, 0) is 4.79 Å². The Balaban J connectivity index is 0.00000289. The van der Waals surface area contributed by atoms with Gasteiger partial charge in [0.25, 0.3) is 0 Å². The molecule has 0 radical (unpaired) electrons.